The highest BCUT2D eigenvalue weighted by atomic mass is 35.5. The lowest BCUT2D eigenvalue weighted by Gasteiger charge is -2.14. The summed E-state index contributed by atoms with van der Waals surface area (Å²) in [5.74, 6) is 0. The van der Waals surface area contributed by atoms with E-state index in [4.69, 9.17) is 11.6 Å². The Labute approximate surface area is 119 Å². The number of nitrogens with zero attached hydrogens (tertiary/aromatic N) is 1. The maximum Gasteiger partial charge on any atom is 0.0687 e. The van der Waals surface area contributed by atoms with Gasteiger partial charge in [-0.15, -0.1) is 0 Å². The van der Waals surface area contributed by atoms with E-state index in [-0.39, 0.29) is 6.61 Å². The summed E-state index contributed by atoms with van der Waals surface area (Å²) in [6.07, 6.45) is 0. The molecule has 2 aromatic rings. The van der Waals surface area contributed by atoms with Gasteiger partial charge in [0.15, 0.2) is 0 Å². The van der Waals surface area contributed by atoms with Gasteiger partial charge in [0, 0.05) is 17.1 Å². The standard InChI is InChI=1S/C16H18ClNO/c1-18(2)10-12-7-8-14(13(9-12)11-19)15-5-3-4-6-16(15)17/h3-9,19H,10-11H2,1-2H3. The van der Waals surface area contributed by atoms with Crippen LogP contribution in [0.2, 0.25) is 5.02 Å². The van der Waals surface area contributed by atoms with Gasteiger partial charge in [0.25, 0.3) is 0 Å². The number of aliphatic hydroxyl groups is 1. The molecule has 0 heterocycles. The molecule has 0 aliphatic heterocycles. The molecular formula is C16H18ClNO. The maximum absolute atomic E-state index is 9.57. The minimum Gasteiger partial charge on any atom is -0.392 e. The fraction of sp³-hybridized carbons (Fsp3) is 0.250. The first kappa shape index (κ1) is 14.1. The zero-order valence-corrected chi connectivity index (χ0v) is 12.0. The molecular weight excluding hydrogens is 258 g/mol. The van der Waals surface area contributed by atoms with Crippen LogP contribution in [-0.2, 0) is 13.2 Å². The van der Waals surface area contributed by atoms with Crippen LogP contribution < -0.4 is 0 Å². The molecule has 100 valence electrons. The van der Waals surface area contributed by atoms with Crippen molar-refractivity contribution in [2.24, 2.45) is 0 Å². The van der Waals surface area contributed by atoms with Crippen LogP contribution in [0.25, 0.3) is 11.1 Å². The Balaban J connectivity index is 2.44. The number of hydrogen-bond donors (Lipinski definition) is 1. The van der Waals surface area contributed by atoms with E-state index in [1.54, 1.807) is 0 Å². The summed E-state index contributed by atoms with van der Waals surface area (Å²) in [7, 11) is 4.06. The lowest BCUT2D eigenvalue weighted by Crippen LogP contribution is -2.11. The molecule has 0 aliphatic rings. The van der Waals surface area contributed by atoms with Crippen molar-refractivity contribution in [3.63, 3.8) is 0 Å². The summed E-state index contributed by atoms with van der Waals surface area (Å²) in [4.78, 5) is 2.10. The van der Waals surface area contributed by atoms with Crippen molar-refractivity contribution in [3.8, 4) is 11.1 Å². The zero-order chi connectivity index (χ0) is 13.8. The molecule has 0 saturated heterocycles. The van der Waals surface area contributed by atoms with Gasteiger partial charge < -0.3 is 10.0 Å². The van der Waals surface area contributed by atoms with Crippen LogP contribution in [0.15, 0.2) is 42.5 Å². The Morgan fingerprint density at radius 1 is 1.05 bits per heavy atom. The Morgan fingerprint density at radius 3 is 2.42 bits per heavy atom. The molecule has 2 rings (SSSR count). The van der Waals surface area contributed by atoms with E-state index < -0.39 is 0 Å². The third-order valence-corrected chi connectivity index (χ3v) is 3.33. The Kier molecular flexibility index (Phi) is 4.59. The van der Waals surface area contributed by atoms with Crippen LogP contribution in [0.4, 0.5) is 0 Å². The lowest BCUT2D eigenvalue weighted by atomic mass is 9.97. The number of aliphatic hydroxyl groups excluding tert-OH is 1. The average Bonchev–Trinajstić information content (AvgIpc) is 2.39. The molecule has 0 saturated carbocycles. The monoisotopic (exact) mass is 275 g/mol. The maximum atomic E-state index is 9.57. The van der Waals surface area contributed by atoms with Crippen molar-refractivity contribution in [2.45, 2.75) is 13.2 Å². The molecule has 19 heavy (non-hydrogen) atoms. The summed E-state index contributed by atoms with van der Waals surface area (Å²) in [6.45, 7) is 0.873. The predicted octanol–water partition coefficient (Wildman–Crippen LogP) is 3.56. The van der Waals surface area contributed by atoms with E-state index in [1.165, 1.54) is 5.56 Å². The summed E-state index contributed by atoms with van der Waals surface area (Å²) < 4.78 is 0. The number of hydrogen-bond acceptors (Lipinski definition) is 2. The minimum absolute atomic E-state index is 0.0157. The third-order valence-electron chi connectivity index (χ3n) is 3.00. The van der Waals surface area contributed by atoms with Crippen molar-refractivity contribution >= 4 is 11.6 Å². The molecule has 3 heteroatoms. The average molecular weight is 276 g/mol. The smallest absolute Gasteiger partial charge is 0.0687 e. The molecule has 0 spiro atoms. The van der Waals surface area contributed by atoms with Crippen LogP contribution in [0, 0.1) is 0 Å². The molecule has 0 unspecified atom stereocenters. The van der Waals surface area contributed by atoms with Crippen LogP contribution in [0.3, 0.4) is 0 Å². The number of rotatable bonds is 4. The van der Waals surface area contributed by atoms with E-state index >= 15 is 0 Å². The van der Waals surface area contributed by atoms with Crippen molar-refractivity contribution in [1.82, 2.24) is 4.90 Å². The first-order valence-corrected chi connectivity index (χ1v) is 6.62. The van der Waals surface area contributed by atoms with E-state index in [9.17, 15) is 5.11 Å². The first-order valence-electron chi connectivity index (χ1n) is 6.24. The second-order valence-corrected chi connectivity index (χ2v) is 5.27. The van der Waals surface area contributed by atoms with Crippen LogP contribution >= 0.6 is 11.6 Å². The summed E-state index contributed by atoms with van der Waals surface area (Å²) in [5.41, 5.74) is 4.05. The molecule has 0 aromatic heterocycles. The molecule has 0 atom stereocenters. The Morgan fingerprint density at radius 2 is 1.79 bits per heavy atom. The van der Waals surface area contributed by atoms with Gasteiger partial charge in [-0.2, -0.15) is 0 Å². The van der Waals surface area contributed by atoms with E-state index in [1.807, 2.05) is 50.5 Å². The summed E-state index contributed by atoms with van der Waals surface area (Å²) >= 11 is 6.22. The van der Waals surface area contributed by atoms with Gasteiger partial charge in [0.1, 0.15) is 0 Å². The van der Waals surface area contributed by atoms with Crippen molar-refractivity contribution in [1.29, 1.82) is 0 Å². The van der Waals surface area contributed by atoms with Crippen LogP contribution in [0.5, 0.6) is 0 Å². The highest BCUT2D eigenvalue weighted by molar-refractivity contribution is 6.33. The number of halogens is 1. The molecule has 0 fully saturated rings. The van der Waals surface area contributed by atoms with E-state index in [2.05, 4.69) is 11.0 Å². The molecule has 2 aromatic carbocycles. The van der Waals surface area contributed by atoms with Gasteiger partial charge >= 0.3 is 0 Å². The summed E-state index contributed by atoms with van der Waals surface area (Å²) in [6, 6.07) is 13.9. The highest BCUT2D eigenvalue weighted by Crippen LogP contribution is 2.31. The van der Waals surface area contributed by atoms with Crippen molar-refractivity contribution in [3.05, 3.63) is 58.6 Å². The quantitative estimate of drug-likeness (QED) is 0.922. The van der Waals surface area contributed by atoms with Gasteiger partial charge in [-0.1, -0.05) is 48.0 Å². The van der Waals surface area contributed by atoms with Crippen molar-refractivity contribution in [2.75, 3.05) is 14.1 Å². The molecule has 2 nitrogen and oxygen atoms in total. The molecule has 0 bridgehead atoms. The fourth-order valence-electron chi connectivity index (χ4n) is 2.18. The van der Waals surface area contributed by atoms with Gasteiger partial charge in [-0.05, 0) is 36.9 Å². The topological polar surface area (TPSA) is 23.5 Å². The van der Waals surface area contributed by atoms with E-state index in [0.717, 1.165) is 23.2 Å². The van der Waals surface area contributed by atoms with E-state index in [0.29, 0.717) is 5.02 Å². The molecule has 0 aliphatic carbocycles. The van der Waals surface area contributed by atoms with Crippen molar-refractivity contribution < 1.29 is 5.11 Å². The Bertz CT molecular complexity index is 566. The van der Waals surface area contributed by atoms with Gasteiger partial charge in [-0.3, -0.25) is 0 Å². The normalized spacial score (nSPS) is 11.0. The molecule has 0 radical (unpaired) electrons. The second-order valence-electron chi connectivity index (χ2n) is 4.87. The summed E-state index contributed by atoms with van der Waals surface area (Å²) in [5, 5.41) is 10.3. The van der Waals surface area contributed by atoms with Crippen LogP contribution in [0.1, 0.15) is 11.1 Å². The second kappa shape index (κ2) is 6.20. The number of benzene rings is 2. The van der Waals surface area contributed by atoms with Gasteiger partial charge in [0.2, 0.25) is 0 Å². The Hall–Kier alpha value is -1.35. The van der Waals surface area contributed by atoms with Gasteiger partial charge in [0.05, 0.1) is 6.61 Å². The third kappa shape index (κ3) is 3.35. The highest BCUT2D eigenvalue weighted by Gasteiger charge is 2.09. The SMILES string of the molecule is CN(C)Cc1ccc(-c2ccccc2Cl)c(CO)c1. The minimum atomic E-state index is 0.0157. The van der Waals surface area contributed by atoms with Crippen LogP contribution in [-0.4, -0.2) is 24.1 Å². The predicted molar refractivity (Wildman–Crippen MR) is 80.2 cm³/mol. The lowest BCUT2D eigenvalue weighted by molar-refractivity contribution is 0.282. The fourth-order valence-corrected chi connectivity index (χ4v) is 2.42. The molecule has 0 amide bonds. The molecule has 1 N–H and O–H groups in total. The zero-order valence-electron chi connectivity index (χ0n) is 11.2. The van der Waals surface area contributed by atoms with Gasteiger partial charge in [-0.25, -0.2) is 0 Å². The first-order chi connectivity index (χ1) is 9.11. The largest absolute Gasteiger partial charge is 0.392 e.